The number of thioether (sulfide) groups is 1. The van der Waals surface area contributed by atoms with Gasteiger partial charge >= 0.3 is 6.09 Å². The smallest absolute Gasteiger partial charge is 0.404 e. The molecule has 2 aromatic carbocycles. The molecular weight excluding hydrogens is 378 g/mol. The second-order valence-electron chi connectivity index (χ2n) is 6.38. The van der Waals surface area contributed by atoms with Crippen LogP contribution < -0.4 is 11.5 Å². The van der Waals surface area contributed by atoms with Crippen molar-refractivity contribution in [1.82, 2.24) is 15.0 Å². The van der Waals surface area contributed by atoms with Gasteiger partial charge in [-0.15, -0.1) is 0 Å². The summed E-state index contributed by atoms with van der Waals surface area (Å²) < 4.78 is 10.4. The zero-order valence-corrected chi connectivity index (χ0v) is 16.1. The normalized spacial score (nSPS) is 12.9. The fraction of sp³-hybridized carbons (Fsp3) is 0.263. The van der Waals surface area contributed by atoms with Crippen LogP contribution in [0.15, 0.2) is 29.4 Å². The van der Waals surface area contributed by atoms with E-state index in [2.05, 4.69) is 33.2 Å². The summed E-state index contributed by atoms with van der Waals surface area (Å²) in [5.41, 5.74) is 15.2. The number of ether oxygens (including phenoxy) is 2. The van der Waals surface area contributed by atoms with Crippen molar-refractivity contribution >= 4 is 34.6 Å². The van der Waals surface area contributed by atoms with Gasteiger partial charge < -0.3 is 20.9 Å². The number of nitrogens with two attached hydrogens (primary N) is 2. The fourth-order valence-electron chi connectivity index (χ4n) is 3.43. The van der Waals surface area contributed by atoms with Gasteiger partial charge in [0, 0.05) is 11.3 Å². The Morgan fingerprint density at radius 3 is 2.89 bits per heavy atom. The minimum atomic E-state index is -0.806. The van der Waals surface area contributed by atoms with Gasteiger partial charge in [0.15, 0.2) is 11.0 Å². The van der Waals surface area contributed by atoms with Crippen LogP contribution in [0.4, 0.5) is 10.7 Å². The summed E-state index contributed by atoms with van der Waals surface area (Å²) in [7, 11) is 0. The van der Waals surface area contributed by atoms with Crippen LogP contribution in [0.5, 0.6) is 0 Å². The number of anilines is 1. The topological polar surface area (TPSA) is 126 Å². The van der Waals surface area contributed by atoms with Crippen LogP contribution in [0, 0.1) is 6.92 Å². The Balaban J connectivity index is 1.75. The third-order valence-corrected chi connectivity index (χ3v) is 5.27. The first kappa shape index (κ1) is 18.5. The molecule has 1 aliphatic heterocycles. The molecule has 0 unspecified atom stereocenters. The average Bonchev–Trinajstić information content (AvgIpc) is 2.65. The van der Waals surface area contributed by atoms with E-state index in [4.69, 9.17) is 20.9 Å². The van der Waals surface area contributed by atoms with Crippen molar-refractivity contribution in [2.75, 3.05) is 18.1 Å². The number of carbonyl (C=O) groups is 1. The Bertz CT molecular complexity index is 1070. The molecule has 1 aliphatic rings. The van der Waals surface area contributed by atoms with Crippen LogP contribution in [0.3, 0.4) is 0 Å². The number of hydrogen-bond acceptors (Lipinski definition) is 8. The summed E-state index contributed by atoms with van der Waals surface area (Å²) in [5.74, 6) is 1.14. The first-order chi connectivity index (χ1) is 13.5. The van der Waals surface area contributed by atoms with E-state index in [9.17, 15) is 4.79 Å². The minimum absolute atomic E-state index is 0.145. The second-order valence-corrected chi connectivity index (χ2v) is 7.44. The summed E-state index contributed by atoms with van der Waals surface area (Å²) in [6.07, 6.45) is -0.806. The molecule has 0 radical (unpaired) electrons. The lowest BCUT2D eigenvalue weighted by atomic mass is 9.91. The highest BCUT2D eigenvalue weighted by atomic mass is 32.2. The standard InChI is InChI=1S/C19H19N5O3S/c1-10-7-12-9-26-8-11-3-2-4-13(15(11)12)14(10)16-22-17(20)24-19(23-16)28-6-5-27-18(21)25/h2-4,7H,5-6,8-9H2,1H3,(H2,21,25)(H2,20,22,23,24). The molecule has 0 spiro atoms. The highest BCUT2D eigenvalue weighted by Gasteiger charge is 2.20. The molecule has 4 rings (SSSR count). The number of aryl methyl sites for hydroxylation is 1. The number of nitrogen functional groups attached to an aromatic ring is 1. The summed E-state index contributed by atoms with van der Waals surface area (Å²) in [6.45, 7) is 3.38. The molecule has 2 heterocycles. The molecule has 0 atom stereocenters. The summed E-state index contributed by atoms with van der Waals surface area (Å²) in [4.78, 5) is 23.8. The van der Waals surface area contributed by atoms with Crippen molar-refractivity contribution in [3.05, 3.63) is 41.0 Å². The zero-order chi connectivity index (χ0) is 19.7. The minimum Gasteiger partial charge on any atom is -0.449 e. The van der Waals surface area contributed by atoms with Gasteiger partial charge in [-0.25, -0.2) is 9.78 Å². The summed E-state index contributed by atoms with van der Waals surface area (Å²) >= 11 is 1.32. The van der Waals surface area contributed by atoms with Crippen LogP contribution in [0.1, 0.15) is 16.7 Å². The van der Waals surface area contributed by atoms with Gasteiger partial charge in [-0.05, 0) is 34.4 Å². The number of amides is 1. The van der Waals surface area contributed by atoms with Crippen LogP contribution in [0.25, 0.3) is 22.2 Å². The van der Waals surface area contributed by atoms with Gasteiger partial charge in [0.25, 0.3) is 0 Å². The molecule has 1 aromatic heterocycles. The van der Waals surface area contributed by atoms with E-state index in [0.29, 0.717) is 29.9 Å². The molecular formula is C19H19N5O3S. The van der Waals surface area contributed by atoms with Gasteiger partial charge in [-0.2, -0.15) is 9.97 Å². The average molecular weight is 397 g/mol. The Kier molecular flexibility index (Phi) is 5.01. The van der Waals surface area contributed by atoms with Gasteiger partial charge in [0.2, 0.25) is 5.95 Å². The van der Waals surface area contributed by atoms with Gasteiger partial charge in [0.05, 0.1) is 13.2 Å². The molecule has 0 saturated heterocycles. The molecule has 0 bridgehead atoms. The van der Waals surface area contributed by atoms with Gasteiger partial charge in [-0.3, -0.25) is 0 Å². The highest BCUT2D eigenvalue weighted by molar-refractivity contribution is 7.99. The Hall–Kier alpha value is -2.91. The SMILES string of the molecule is Cc1cc2c3c(cccc3c1-c1nc(N)nc(SCCOC(N)=O)n1)COC2. The summed E-state index contributed by atoms with van der Waals surface area (Å²) in [6, 6.07) is 8.28. The van der Waals surface area contributed by atoms with Crippen molar-refractivity contribution in [3.8, 4) is 11.4 Å². The van der Waals surface area contributed by atoms with E-state index in [0.717, 1.165) is 22.1 Å². The van der Waals surface area contributed by atoms with E-state index >= 15 is 0 Å². The predicted octanol–water partition coefficient (Wildman–Crippen LogP) is 2.80. The number of carbonyl (C=O) groups excluding carboxylic acids is 1. The Labute approximate surface area is 165 Å². The lowest BCUT2D eigenvalue weighted by Gasteiger charge is -2.21. The number of rotatable bonds is 5. The van der Waals surface area contributed by atoms with E-state index < -0.39 is 6.09 Å². The number of aromatic nitrogens is 3. The van der Waals surface area contributed by atoms with Crippen molar-refractivity contribution in [2.24, 2.45) is 5.73 Å². The second kappa shape index (κ2) is 7.61. The van der Waals surface area contributed by atoms with E-state index in [1.54, 1.807) is 0 Å². The van der Waals surface area contributed by atoms with Crippen molar-refractivity contribution < 1.29 is 14.3 Å². The van der Waals surface area contributed by atoms with Crippen molar-refractivity contribution in [2.45, 2.75) is 25.3 Å². The predicted molar refractivity (Wildman–Crippen MR) is 107 cm³/mol. The molecule has 8 nitrogen and oxygen atoms in total. The number of primary amides is 1. The first-order valence-electron chi connectivity index (χ1n) is 8.71. The summed E-state index contributed by atoms with van der Waals surface area (Å²) in [5, 5.41) is 2.74. The maximum absolute atomic E-state index is 10.7. The molecule has 144 valence electrons. The molecule has 0 saturated carbocycles. The molecule has 9 heteroatoms. The molecule has 28 heavy (non-hydrogen) atoms. The number of benzene rings is 2. The lowest BCUT2D eigenvalue weighted by molar-refractivity contribution is 0.103. The zero-order valence-electron chi connectivity index (χ0n) is 15.3. The van der Waals surface area contributed by atoms with Crippen molar-refractivity contribution in [1.29, 1.82) is 0 Å². The molecule has 0 fully saturated rings. The van der Waals surface area contributed by atoms with E-state index in [1.807, 2.05) is 13.0 Å². The maximum Gasteiger partial charge on any atom is 0.404 e. The third kappa shape index (κ3) is 3.58. The van der Waals surface area contributed by atoms with Crippen LogP contribution in [0.2, 0.25) is 0 Å². The maximum atomic E-state index is 10.7. The monoisotopic (exact) mass is 397 g/mol. The molecule has 4 N–H and O–H groups in total. The first-order valence-corrected chi connectivity index (χ1v) is 9.70. The fourth-order valence-corrected chi connectivity index (χ4v) is 4.09. The van der Waals surface area contributed by atoms with Crippen LogP contribution in [-0.4, -0.2) is 33.4 Å². The Morgan fingerprint density at radius 1 is 1.25 bits per heavy atom. The lowest BCUT2D eigenvalue weighted by Crippen LogP contribution is -2.14. The van der Waals surface area contributed by atoms with E-state index in [1.165, 1.54) is 22.7 Å². The molecule has 3 aromatic rings. The quantitative estimate of drug-likeness (QED) is 0.497. The van der Waals surface area contributed by atoms with Gasteiger partial charge in [-0.1, -0.05) is 36.0 Å². The van der Waals surface area contributed by atoms with E-state index in [-0.39, 0.29) is 12.6 Å². The molecule has 1 amide bonds. The number of nitrogens with zero attached hydrogens (tertiary/aromatic N) is 3. The van der Waals surface area contributed by atoms with Crippen molar-refractivity contribution in [3.63, 3.8) is 0 Å². The largest absolute Gasteiger partial charge is 0.449 e. The third-order valence-electron chi connectivity index (χ3n) is 4.46. The van der Waals surface area contributed by atoms with Crippen LogP contribution >= 0.6 is 11.8 Å². The van der Waals surface area contributed by atoms with Crippen LogP contribution in [-0.2, 0) is 22.7 Å². The van der Waals surface area contributed by atoms with Gasteiger partial charge in [0.1, 0.15) is 6.61 Å². The highest BCUT2D eigenvalue weighted by Crippen LogP contribution is 2.37. The Morgan fingerprint density at radius 2 is 2.07 bits per heavy atom. The number of hydrogen-bond donors (Lipinski definition) is 2. The molecule has 0 aliphatic carbocycles.